The van der Waals surface area contributed by atoms with Crippen molar-refractivity contribution in [2.24, 2.45) is 10.7 Å². The van der Waals surface area contributed by atoms with Crippen molar-refractivity contribution in [3.05, 3.63) is 28.2 Å². The maximum Gasteiger partial charge on any atom is 0.191 e. The summed E-state index contributed by atoms with van der Waals surface area (Å²) in [5.41, 5.74) is 5.89. The van der Waals surface area contributed by atoms with Gasteiger partial charge in [-0.1, -0.05) is 23.2 Å². The highest BCUT2D eigenvalue weighted by atomic mass is 35.5. The molecular formula is C14H19Cl2N3O. The van der Waals surface area contributed by atoms with Crippen LogP contribution in [0.4, 0.5) is 0 Å². The zero-order valence-electron chi connectivity index (χ0n) is 11.5. The van der Waals surface area contributed by atoms with Gasteiger partial charge in [0.2, 0.25) is 0 Å². The number of nitrogens with two attached hydrogens (primary N) is 1. The minimum absolute atomic E-state index is 0.522. The van der Waals surface area contributed by atoms with Crippen molar-refractivity contribution >= 4 is 29.2 Å². The van der Waals surface area contributed by atoms with E-state index in [1.165, 1.54) is 12.8 Å². The number of hydrogen-bond donors (Lipinski definition) is 1. The van der Waals surface area contributed by atoms with Crippen LogP contribution in [0.3, 0.4) is 0 Å². The third-order valence-corrected chi connectivity index (χ3v) is 3.71. The molecule has 6 heteroatoms. The smallest absolute Gasteiger partial charge is 0.191 e. The van der Waals surface area contributed by atoms with Crippen molar-refractivity contribution in [3.63, 3.8) is 0 Å². The van der Waals surface area contributed by atoms with Crippen molar-refractivity contribution in [3.8, 4) is 5.75 Å². The number of nitrogens with zero attached hydrogens (tertiary/aromatic N) is 2. The van der Waals surface area contributed by atoms with E-state index in [1.54, 1.807) is 18.2 Å². The van der Waals surface area contributed by atoms with Gasteiger partial charge in [0.15, 0.2) is 5.96 Å². The van der Waals surface area contributed by atoms with Gasteiger partial charge in [0.05, 0.1) is 11.6 Å². The summed E-state index contributed by atoms with van der Waals surface area (Å²) < 4.78 is 5.58. The summed E-state index contributed by atoms with van der Waals surface area (Å²) in [5.74, 6) is 1.25. The Hall–Kier alpha value is -1.13. The Kier molecular flexibility index (Phi) is 5.38. The first-order valence-corrected chi connectivity index (χ1v) is 7.44. The highest BCUT2D eigenvalue weighted by Crippen LogP contribution is 2.27. The second-order valence-corrected chi connectivity index (χ2v) is 5.70. The lowest BCUT2D eigenvalue weighted by Crippen LogP contribution is -2.35. The molecule has 0 aromatic heterocycles. The van der Waals surface area contributed by atoms with E-state index in [0.717, 1.165) is 6.42 Å². The molecule has 0 bridgehead atoms. The highest BCUT2D eigenvalue weighted by molar-refractivity contribution is 6.35. The van der Waals surface area contributed by atoms with Crippen molar-refractivity contribution in [2.75, 3.05) is 20.2 Å². The minimum atomic E-state index is 0.522. The van der Waals surface area contributed by atoms with Crippen LogP contribution >= 0.6 is 23.2 Å². The molecular weight excluding hydrogens is 297 g/mol. The van der Waals surface area contributed by atoms with E-state index in [4.69, 9.17) is 33.7 Å². The van der Waals surface area contributed by atoms with Gasteiger partial charge in [0.1, 0.15) is 5.75 Å². The molecule has 0 atom stereocenters. The molecule has 0 radical (unpaired) electrons. The van der Waals surface area contributed by atoms with Crippen LogP contribution in [0.15, 0.2) is 23.2 Å². The van der Waals surface area contributed by atoms with Crippen LogP contribution in [0.5, 0.6) is 5.75 Å². The largest absolute Gasteiger partial charge is 0.492 e. The minimum Gasteiger partial charge on any atom is -0.492 e. The molecule has 2 rings (SSSR count). The molecule has 0 spiro atoms. The van der Waals surface area contributed by atoms with E-state index in [2.05, 4.69) is 4.99 Å². The number of benzene rings is 1. The van der Waals surface area contributed by atoms with Crippen LogP contribution in [0.1, 0.15) is 19.3 Å². The lowest BCUT2D eigenvalue weighted by Gasteiger charge is -2.16. The van der Waals surface area contributed by atoms with Crippen LogP contribution in [0.2, 0.25) is 10.0 Å². The standard InChI is InChI=1S/C14H19Cl2N3O/c1-19(11-4-5-11)14(17)18-7-2-8-20-13-6-3-10(15)9-12(13)16/h3,6,9,11H,2,4-5,7-8H2,1H3,(H2,17,18). The summed E-state index contributed by atoms with van der Waals surface area (Å²) in [5, 5.41) is 1.12. The van der Waals surface area contributed by atoms with E-state index in [0.29, 0.717) is 40.9 Å². The van der Waals surface area contributed by atoms with Crippen LogP contribution < -0.4 is 10.5 Å². The van der Waals surface area contributed by atoms with E-state index in [1.807, 2.05) is 11.9 Å². The van der Waals surface area contributed by atoms with E-state index < -0.39 is 0 Å². The predicted molar refractivity (Wildman–Crippen MR) is 83.8 cm³/mol. The molecule has 1 aliphatic rings. The number of rotatable bonds is 6. The fourth-order valence-electron chi connectivity index (χ4n) is 1.79. The maximum absolute atomic E-state index is 6.01. The van der Waals surface area contributed by atoms with Gasteiger partial charge in [-0.3, -0.25) is 4.99 Å². The Bertz CT molecular complexity index is 489. The average molecular weight is 316 g/mol. The van der Waals surface area contributed by atoms with Crippen LogP contribution in [0, 0.1) is 0 Å². The third-order valence-electron chi connectivity index (χ3n) is 3.18. The first kappa shape index (κ1) is 15.3. The van der Waals surface area contributed by atoms with Gasteiger partial charge in [-0.15, -0.1) is 0 Å². The summed E-state index contributed by atoms with van der Waals surface area (Å²) in [6, 6.07) is 5.77. The summed E-state index contributed by atoms with van der Waals surface area (Å²) in [4.78, 5) is 6.38. The maximum atomic E-state index is 6.01. The molecule has 0 amide bonds. The second-order valence-electron chi connectivity index (χ2n) is 4.86. The van der Waals surface area contributed by atoms with Gasteiger partial charge in [0.25, 0.3) is 0 Å². The Morgan fingerprint density at radius 2 is 2.20 bits per heavy atom. The first-order valence-electron chi connectivity index (χ1n) is 6.68. The van der Waals surface area contributed by atoms with Crippen LogP contribution in [-0.4, -0.2) is 37.1 Å². The third kappa shape index (κ3) is 4.46. The Morgan fingerprint density at radius 1 is 1.45 bits per heavy atom. The first-order chi connectivity index (χ1) is 9.58. The lowest BCUT2D eigenvalue weighted by molar-refractivity contribution is 0.313. The normalized spacial score (nSPS) is 15.2. The van der Waals surface area contributed by atoms with Gasteiger partial charge in [-0.2, -0.15) is 0 Å². The topological polar surface area (TPSA) is 50.8 Å². The molecule has 1 aliphatic carbocycles. The number of guanidine groups is 1. The predicted octanol–water partition coefficient (Wildman–Crippen LogP) is 3.17. The summed E-state index contributed by atoms with van der Waals surface area (Å²) in [6.45, 7) is 1.19. The molecule has 1 fully saturated rings. The summed E-state index contributed by atoms with van der Waals surface area (Å²) in [6.07, 6.45) is 3.22. The molecule has 0 aliphatic heterocycles. The zero-order valence-corrected chi connectivity index (χ0v) is 13.0. The highest BCUT2D eigenvalue weighted by Gasteiger charge is 2.27. The van der Waals surface area contributed by atoms with E-state index in [-0.39, 0.29) is 0 Å². The molecule has 1 saturated carbocycles. The molecule has 20 heavy (non-hydrogen) atoms. The molecule has 2 N–H and O–H groups in total. The molecule has 0 saturated heterocycles. The van der Waals surface area contributed by atoms with E-state index >= 15 is 0 Å². The number of aliphatic imine (C=N–C) groups is 1. The van der Waals surface area contributed by atoms with Gasteiger partial charge >= 0.3 is 0 Å². The molecule has 1 aromatic rings. The second kappa shape index (κ2) is 7.04. The van der Waals surface area contributed by atoms with Crippen molar-refractivity contribution in [2.45, 2.75) is 25.3 Å². The van der Waals surface area contributed by atoms with Crippen molar-refractivity contribution < 1.29 is 4.74 Å². The van der Waals surface area contributed by atoms with Gasteiger partial charge in [-0.25, -0.2) is 0 Å². The zero-order chi connectivity index (χ0) is 14.5. The summed E-state index contributed by atoms with van der Waals surface area (Å²) >= 11 is 11.8. The summed E-state index contributed by atoms with van der Waals surface area (Å²) in [7, 11) is 1.99. The van der Waals surface area contributed by atoms with Crippen molar-refractivity contribution in [1.29, 1.82) is 0 Å². The number of halogens is 2. The quantitative estimate of drug-likeness (QED) is 0.498. The molecule has 4 nitrogen and oxygen atoms in total. The fraction of sp³-hybridized carbons (Fsp3) is 0.500. The molecule has 0 unspecified atom stereocenters. The Morgan fingerprint density at radius 3 is 2.85 bits per heavy atom. The van der Waals surface area contributed by atoms with Gasteiger partial charge < -0.3 is 15.4 Å². The fourth-order valence-corrected chi connectivity index (χ4v) is 2.26. The van der Waals surface area contributed by atoms with Gasteiger partial charge in [0, 0.05) is 31.1 Å². The van der Waals surface area contributed by atoms with Crippen LogP contribution in [-0.2, 0) is 0 Å². The number of hydrogen-bond acceptors (Lipinski definition) is 2. The Labute approximate surface area is 129 Å². The van der Waals surface area contributed by atoms with E-state index in [9.17, 15) is 0 Å². The Balaban J connectivity index is 1.69. The molecule has 0 heterocycles. The SMILES string of the molecule is CN(C(N)=NCCCOc1ccc(Cl)cc1Cl)C1CC1. The number of ether oxygens (including phenoxy) is 1. The van der Waals surface area contributed by atoms with Crippen molar-refractivity contribution in [1.82, 2.24) is 4.90 Å². The molecule has 110 valence electrons. The lowest BCUT2D eigenvalue weighted by atomic mass is 10.3. The van der Waals surface area contributed by atoms with Crippen LogP contribution in [0.25, 0.3) is 0 Å². The monoisotopic (exact) mass is 315 g/mol. The average Bonchev–Trinajstić information content (AvgIpc) is 3.24. The van der Waals surface area contributed by atoms with Gasteiger partial charge in [-0.05, 0) is 31.0 Å². The molecule has 1 aromatic carbocycles.